The Morgan fingerprint density at radius 3 is 2.19 bits per heavy atom. The lowest BCUT2D eigenvalue weighted by Crippen LogP contribution is -2.51. The first kappa shape index (κ1) is 23.0. The van der Waals surface area contributed by atoms with E-state index in [0.717, 1.165) is 51.4 Å². The van der Waals surface area contributed by atoms with Crippen molar-refractivity contribution in [3.63, 3.8) is 0 Å². The van der Waals surface area contributed by atoms with Crippen LogP contribution in [0.4, 0.5) is 13.6 Å². The molecule has 2 aliphatic carbocycles. The van der Waals surface area contributed by atoms with Gasteiger partial charge in [0, 0.05) is 42.6 Å². The third-order valence-corrected chi connectivity index (χ3v) is 7.74. The van der Waals surface area contributed by atoms with E-state index in [1.165, 1.54) is 24.6 Å². The van der Waals surface area contributed by atoms with Crippen LogP contribution in [0.15, 0.2) is 18.2 Å². The molecule has 0 spiro atoms. The Hall–Kier alpha value is -2.18. The second-order valence-electron chi connectivity index (χ2n) is 9.85. The number of benzene rings is 1. The van der Waals surface area contributed by atoms with Gasteiger partial charge in [0.05, 0.1) is 0 Å². The highest BCUT2D eigenvalue weighted by Gasteiger charge is 2.40. The summed E-state index contributed by atoms with van der Waals surface area (Å²) >= 11 is 0. The standard InChI is InChI=1S/C25H35F2N3O2/c26-20-9-6-10-21(27)22(20)25(13-4-5-14-25)17-28-24(32)29-19-11-15-30(16-12-19)23(31)18-7-2-1-3-8-18/h6,9-10,18-19H,1-5,7-8,11-17H2,(H2,28,29,32). The topological polar surface area (TPSA) is 61.4 Å². The van der Waals surface area contributed by atoms with E-state index in [-0.39, 0.29) is 36.0 Å². The zero-order valence-corrected chi connectivity index (χ0v) is 18.8. The second kappa shape index (κ2) is 10.2. The van der Waals surface area contributed by atoms with Gasteiger partial charge in [-0.3, -0.25) is 4.79 Å². The molecule has 0 atom stereocenters. The fraction of sp³-hybridized carbons (Fsp3) is 0.680. The molecule has 4 rings (SSSR count). The van der Waals surface area contributed by atoms with E-state index in [1.807, 2.05) is 4.90 Å². The van der Waals surface area contributed by atoms with Crippen molar-refractivity contribution in [3.05, 3.63) is 35.4 Å². The van der Waals surface area contributed by atoms with Gasteiger partial charge >= 0.3 is 6.03 Å². The number of carbonyl (C=O) groups excluding carboxylic acids is 2. The van der Waals surface area contributed by atoms with Crippen LogP contribution < -0.4 is 10.6 Å². The Morgan fingerprint density at radius 2 is 1.56 bits per heavy atom. The van der Waals surface area contributed by atoms with Crippen molar-refractivity contribution in [1.29, 1.82) is 0 Å². The summed E-state index contributed by atoms with van der Waals surface area (Å²) in [6, 6.07) is 3.67. The van der Waals surface area contributed by atoms with Crippen LogP contribution in [0, 0.1) is 17.6 Å². The van der Waals surface area contributed by atoms with Crippen LogP contribution in [0.25, 0.3) is 0 Å². The zero-order valence-electron chi connectivity index (χ0n) is 18.8. The van der Waals surface area contributed by atoms with E-state index in [0.29, 0.717) is 25.9 Å². The maximum Gasteiger partial charge on any atom is 0.315 e. The fourth-order valence-corrected chi connectivity index (χ4v) is 5.91. The molecule has 3 fully saturated rings. The minimum absolute atomic E-state index is 0.00938. The van der Waals surface area contributed by atoms with Crippen LogP contribution in [0.1, 0.15) is 76.2 Å². The number of nitrogens with one attached hydrogen (secondary N) is 2. The van der Waals surface area contributed by atoms with Gasteiger partial charge in [-0.1, -0.05) is 38.2 Å². The molecule has 2 N–H and O–H groups in total. The van der Waals surface area contributed by atoms with Crippen molar-refractivity contribution in [3.8, 4) is 0 Å². The monoisotopic (exact) mass is 447 g/mol. The number of amides is 3. The van der Waals surface area contributed by atoms with Crippen LogP contribution in [0.2, 0.25) is 0 Å². The van der Waals surface area contributed by atoms with E-state index in [2.05, 4.69) is 10.6 Å². The van der Waals surface area contributed by atoms with Gasteiger partial charge in [-0.05, 0) is 50.7 Å². The summed E-state index contributed by atoms with van der Waals surface area (Å²) in [5.74, 6) is -0.617. The van der Waals surface area contributed by atoms with Crippen LogP contribution >= 0.6 is 0 Å². The van der Waals surface area contributed by atoms with Gasteiger partial charge < -0.3 is 15.5 Å². The van der Waals surface area contributed by atoms with Gasteiger partial charge in [0.2, 0.25) is 5.91 Å². The SMILES string of the molecule is O=C(NCC1(c2c(F)cccc2F)CCCC1)NC1CCN(C(=O)C2CCCCC2)CC1. The summed E-state index contributed by atoms with van der Waals surface area (Å²) in [5, 5.41) is 5.89. The Labute approximate surface area is 189 Å². The largest absolute Gasteiger partial charge is 0.342 e. The molecular formula is C25H35F2N3O2. The third-order valence-electron chi connectivity index (χ3n) is 7.74. The summed E-state index contributed by atoms with van der Waals surface area (Å²) in [5.41, 5.74) is -0.588. The number of halogens is 2. The molecule has 1 saturated heterocycles. The molecule has 2 saturated carbocycles. The average Bonchev–Trinajstić information content (AvgIpc) is 3.28. The smallest absolute Gasteiger partial charge is 0.315 e. The van der Waals surface area contributed by atoms with Crippen LogP contribution in [0.3, 0.4) is 0 Å². The molecule has 3 aliphatic rings. The third kappa shape index (κ3) is 5.07. The summed E-state index contributed by atoms with van der Waals surface area (Å²) in [6.07, 6.45) is 10.1. The molecule has 3 amide bonds. The van der Waals surface area contributed by atoms with Gasteiger partial charge in [0.15, 0.2) is 0 Å². The molecule has 0 bridgehead atoms. The number of carbonyl (C=O) groups is 2. The quantitative estimate of drug-likeness (QED) is 0.690. The van der Waals surface area contributed by atoms with Crippen LogP contribution in [0.5, 0.6) is 0 Å². The number of piperidine rings is 1. The highest BCUT2D eigenvalue weighted by molar-refractivity contribution is 5.79. The van der Waals surface area contributed by atoms with E-state index in [9.17, 15) is 18.4 Å². The van der Waals surface area contributed by atoms with E-state index < -0.39 is 17.0 Å². The van der Waals surface area contributed by atoms with Gasteiger partial charge in [-0.15, -0.1) is 0 Å². The van der Waals surface area contributed by atoms with Crippen molar-refractivity contribution in [2.45, 2.75) is 82.1 Å². The van der Waals surface area contributed by atoms with Crippen molar-refractivity contribution < 1.29 is 18.4 Å². The average molecular weight is 448 g/mol. The van der Waals surface area contributed by atoms with Crippen LogP contribution in [-0.2, 0) is 10.2 Å². The lowest BCUT2D eigenvalue weighted by atomic mass is 9.78. The molecule has 176 valence electrons. The second-order valence-corrected chi connectivity index (χ2v) is 9.85. The summed E-state index contributed by atoms with van der Waals surface area (Å²) in [6.45, 7) is 1.56. The lowest BCUT2D eigenvalue weighted by Gasteiger charge is -2.36. The van der Waals surface area contributed by atoms with E-state index in [1.54, 1.807) is 0 Å². The van der Waals surface area contributed by atoms with Gasteiger partial charge in [-0.2, -0.15) is 0 Å². The highest BCUT2D eigenvalue weighted by atomic mass is 19.1. The van der Waals surface area contributed by atoms with E-state index >= 15 is 0 Å². The lowest BCUT2D eigenvalue weighted by molar-refractivity contribution is -0.137. The van der Waals surface area contributed by atoms with Gasteiger partial charge in [-0.25, -0.2) is 13.6 Å². The van der Waals surface area contributed by atoms with Crippen molar-refractivity contribution >= 4 is 11.9 Å². The van der Waals surface area contributed by atoms with Crippen molar-refractivity contribution in [1.82, 2.24) is 15.5 Å². The maximum atomic E-state index is 14.5. The van der Waals surface area contributed by atoms with E-state index in [4.69, 9.17) is 0 Å². The molecule has 1 aliphatic heterocycles. The summed E-state index contributed by atoms with van der Waals surface area (Å²) < 4.78 is 29.0. The minimum atomic E-state index is -0.692. The molecule has 0 radical (unpaired) electrons. The molecule has 1 aromatic rings. The highest BCUT2D eigenvalue weighted by Crippen LogP contribution is 2.42. The Bertz CT molecular complexity index is 791. The fourth-order valence-electron chi connectivity index (χ4n) is 5.91. The summed E-state index contributed by atoms with van der Waals surface area (Å²) in [4.78, 5) is 27.3. The van der Waals surface area contributed by atoms with Crippen molar-refractivity contribution in [2.75, 3.05) is 19.6 Å². The Kier molecular flexibility index (Phi) is 7.31. The molecule has 5 nitrogen and oxygen atoms in total. The maximum absolute atomic E-state index is 14.5. The number of nitrogens with zero attached hydrogens (tertiary/aromatic N) is 1. The minimum Gasteiger partial charge on any atom is -0.342 e. The predicted octanol–water partition coefficient (Wildman–Crippen LogP) is 4.65. The van der Waals surface area contributed by atoms with Gasteiger partial charge in [0.1, 0.15) is 11.6 Å². The normalized spacial score (nSPS) is 22.0. The summed E-state index contributed by atoms with van der Waals surface area (Å²) in [7, 11) is 0. The molecule has 1 heterocycles. The molecule has 1 aromatic carbocycles. The first-order valence-electron chi connectivity index (χ1n) is 12.3. The Morgan fingerprint density at radius 1 is 0.938 bits per heavy atom. The molecular weight excluding hydrogens is 412 g/mol. The molecule has 0 aromatic heterocycles. The molecule has 0 unspecified atom stereocenters. The molecule has 32 heavy (non-hydrogen) atoms. The van der Waals surface area contributed by atoms with Crippen molar-refractivity contribution in [2.24, 2.45) is 5.92 Å². The number of likely N-dealkylation sites (tertiary alicyclic amines) is 1. The number of hydrogen-bond donors (Lipinski definition) is 2. The molecule has 7 heteroatoms. The zero-order chi connectivity index (χ0) is 22.6. The van der Waals surface area contributed by atoms with Gasteiger partial charge in [0.25, 0.3) is 0 Å². The number of urea groups is 1. The number of hydrogen-bond acceptors (Lipinski definition) is 2. The predicted molar refractivity (Wildman–Crippen MR) is 119 cm³/mol. The number of rotatable bonds is 5. The Balaban J connectivity index is 1.27. The first-order chi connectivity index (χ1) is 15.5. The van der Waals surface area contributed by atoms with Crippen LogP contribution in [-0.4, -0.2) is 42.5 Å². The first-order valence-corrected chi connectivity index (χ1v) is 12.3.